The molecule has 2 aliphatic heterocycles. The van der Waals surface area contributed by atoms with E-state index in [2.05, 4.69) is 10.4 Å². The molecule has 2 aliphatic rings. The minimum absolute atomic E-state index is 0.0664. The lowest BCUT2D eigenvalue weighted by Gasteiger charge is -2.35. The van der Waals surface area contributed by atoms with Crippen molar-refractivity contribution < 1.29 is 23.8 Å². The number of benzene rings is 1. The molecule has 0 spiro atoms. The van der Waals surface area contributed by atoms with Crippen LogP contribution >= 0.6 is 23.4 Å². The van der Waals surface area contributed by atoms with Crippen molar-refractivity contribution >= 4 is 40.5 Å². The van der Waals surface area contributed by atoms with Gasteiger partial charge in [-0.3, -0.25) is 4.79 Å². The lowest BCUT2D eigenvalue weighted by molar-refractivity contribution is -0.139. The highest BCUT2D eigenvalue weighted by atomic mass is 35.5. The molecule has 1 aromatic rings. The summed E-state index contributed by atoms with van der Waals surface area (Å²) < 4.78 is 18.9. The van der Waals surface area contributed by atoms with E-state index in [1.165, 1.54) is 28.9 Å². The number of halogens is 2. The number of amides is 2. The average molecular weight is 515 g/mol. The molecule has 2 heterocycles. The van der Waals surface area contributed by atoms with Gasteiger partial charge in [-0.2, -0.15) is 0 Å². The lowest BCUT2D eigenvalue weighted by Crippen LogP contribution is -2.48. The Labute approximate surface area is 208 Å². The van der Waals surface area contributed by atoms with Crippen LogP contribution in [-0.2, 0) is 9.53 Å². The van der Waals surface area contributed by atoms with E-state index in [4.69, 9.17) is 16.3 Å². The fourth-order valence-corrected chi connectivity index (χ4v) is 4.76. The number of β-amino-alcohol motifs (C(OH)–C–C–N with tert-alkyl or cyclic N) is 1. The summed E-state index contributed by atoms with van der Waals surface area (Å²) in [4.78, 5) is 27.1. The number of nitrogens with zero attached hydrogens (tertiary/aromatic N) is 3. The quantitative estimate of drug-likeness (QED) is 0.471. The Morgan fingerprint density at radius 1 is 1.32 bits per heavy atom. The summed E-state index contributed by atoms with van der Waals surface area (Å²) in [6, 6.07) is 3.97. The number of thioether (sulfide) groups is 1. The molecule has 0 aromatic heterocycles. The third kappa shape index (κ3) is 6.99. The molecule has 2 N–H and O–H groups in total. The number of hydrazone groups is 1. The SMILES string of the molecule is CSC(=NN1C[C@H](O)C[C@H](c2ccc(F)cc2Cl)C1=O)NC1CCN(C(=O)OC(C)(C)C)CC1. The zero-order valence-electron chi connectivity index (χ0n) is 19.9. The van der Waals surface area contributed by atoms with Crippen LogP contribution in [0.3, 0.4) is 0 Å². The summed E-state index contributed by atoms with van der Waals surface area (Å²) in [7, 11) is 0. The van der Waals surface area contributed by atoms with Crippen molar-refractivity contribution in [1.82, 2.24) is 15.2 Å². The first kappa shape index (κ1) is 26.6. The van der Waals surface area contributed by atoms with Gasteiger partial charge in [-0.15, -0.1) is 5.10 Å². The van der Waals surface area contributed by atoms with Gasteiger partial charge >= 0.3 is 6.09 Å². The summed E-state index contributed by atoms with van der Waals surface area (Å²) in [6.07, 6.45) is 2.37. The highest BCUT2D eigenvalue weighted by Crippen LogP contribution is 2.33. The molecule has 11 heteroatoms. The molecule has 2 atom stereocenters. The first-order valence-electron chi connectivity index (χ1n) is 11.3. The largest absolute Gasteiger partial charge is 0.444 e. The van der Waals surface area contributed by atoms with E-state index in [-0.39, 0.29) is 36.0 Å². The first-order chi connectivity index (χ1) is 16.0. The zero-order chi connectivity index (χ0) is 25.0. The van der Waals surface area contributed by atoms with Crippen molar-refractivity contribution in [2.24, 2.45) is 5.10 Å². The second-order valence-corrected chi connectivity index (χ2v) is 10.7. The molecule has 2 amide bonds. The molecule has 8 nitrogen and oxygen atoms in total. The third-order valence-corrected chi connectivity index (χ3v) is 6.57. The summed E-state index contributed by atoms with van der Waals surface area (Å²) in [5.41, 5.74) is -0.0629. The topological polar surface area (TPSA) is 94.5 Å². The Hall–Kier alpha value is -2.04. The smallest absolute Gasteiger partial charge is 0.410 e. The molecule has 1 aromatic carbocycles. The molecule has 0 unspecified atom stereocenters. The maximum absolute atomic E-state index is 13.5. The van der Waals surface area contributed by atoms with Crippen molar-refractivity contribution in [2.75, 3.05) is 25.9 Å². The van der Waals surface area contributed by atoms with Crippen LogP contribution in [0.4, 0.5) is 9.18 Å². The van der Waals surface area contributed by atoms with Crippen LogP contribution in [0.2, 0.25) is 5.02 Å². The van der Waals surface area contributed by atoms with Crippen molar-refractivity contribution in [3.05, 3.63) is 34.6 Å². The second-order valence-electron chi connectivity index (χ2n) is 9.52. The number of piperidine rings is 2. The number of rotatable bonds is 3. The molecule has 2 saturated heterocycles. The van der Waals surface area contributed by atoms with Crippen molar-refractivity contribution in [3.8, 4) is 0 Å². The number of ether oxygens (including phenoxy) is 1. The van der Waals surface area contributed by atoms with E-state index in [1.807, 2.05) is 27.0 Å². The van der Waals surface area contributed by atoms with Crippen LogP contribution < -0.4 is 5.32 Å². The molecule has 0 bridgehead atoms. The van der Waals surface area contributed by atoms with Crippen LogP contribution in [0, 0.1) is 5.82 Å². The molecule has 2 fully saturated rings. The first-order valence-corrected chi connectivity index (χ1v) is 12.9. The van der Waals surface area contributed by atoms with E-state index < -0.39 is 23.4 Å². The Bertz CT molecular complexity index is 934. The van der Waals surface area contributed by atoms with Crippen LogP contribution in [0.15, 0.2) is 23.3 Å². The van der Waals surface area contributed by atoms with Crippen molar-refractivity contribution in [2.45, 2.75) is 63.7 Å². The van der Waals surface area contributed by atoms with E-state index in [0.717, 1.165) is 6.07 Å². The van der Waals surface area contributed by atoms with Gasteiger partial charge in [-0.1, -0.05) is 29.4 Å². The highest BCUT2D eigenvalue weighted by molar-refractivity contribution is 8.13. The van der Waals surface area contributed by atoms with Crippen molar-refractivity contribution in [3.63, 3.8) is 0 Å². The van der Waals surface area contributed by atoms with Crippen LogP contribution in [0.1, 0.15) is 51.5 Å². The maximum atomic E-state index is 13.5. The number of aliphatic hydroxyl groups is 1. The minimum Gasteiger partial charge on any atom is -0.444 e. The molecule has 188 valence electrons. The summed E-state index contributed by atoms with van der Waals surface area (Å²) in [6.45, 7) is 6.70. The van der Waals surface area contributed by atoms with Gasteiger partial charge < -0.3 is 20.1 Å². The van der Waals surface area contributed by atoms with Gasteiger partial charge in [0.1, 0.15) is 11.4 Å². The molecule has 3 rings (SSSR count). The normalized spacial score (nSPS) is 22.7. The van der Waals surface area contributed by atoms with E-state index in [0.29, 0.717) is 36.7 Å². The van der Waals surface area contributed by atoms with Crippen LogP contribution in [-0.4, -0.2) is 75.8 Å². The third-order valence-electron chi connectivity index (χ3n) is 5.66. The minimum atomic E-state index is -0.784. The standard InChI is InChI=1S/C23H32ClFN4O4S/c1-23(2,3)33-22(32)28-9-7-15(8-10-28)26-21(34-4)27-29-13-16(30)12-18(20(29)31)17-6-5-14(25)11-19(17)24/h5-6,11,15-16,18,30H,7-10,12-13H2,1-4H3,(H,26,27)/t16-,18-/m1/s1. The van der Waals surface area contributed by atoms with Gasteiger partial charge in [-0.25, -0.2) is 14.2 Å². The van der Waals surface area contributed by atoms with Crippen LogP contribution in [0.25, 0.3) is 0 Å². The number of amidine groups is 1. The van der Waals surface area contributed by atoms with E-state index in [9.17, 15) is 19.1 Å². The molecular weight excluding hydrogens is 483 g/mol. The van der Waals surface area contributed by atoms with E-state index in [1.54, 1.807) is 4.90 Å². The molecular formula is C23H32ClFN4O4S. The maximum Gasteiger partial charge on any atom is 0.410 e. The van der Waals surface area contributed by atoms with Gasteiger partial charge in [0.15, 0.2) is 5.17 Å². The molecule has 0 radical (unpaired) electrons. The highest BCUT2D eigenvalue weighted by Gasteiger charge is 2.36. The number of carbonyl (C=O) groups is 2. The van der Waals surface area contributed by atoms with Gasteiger partial charge in [-0.05, 0) is 64.0 Å². The Morgan fingerprint density at radius 2 is 2.00 bits per heavy atom. The summed E-state index contributed by atoms with van der Waals surface area (Å²) >= 11 is 7.53. The monoisotopic (exact) mass is 514 g/mol. The Morgan fingerprint density at radius 3 is 2.59 bits per heavy atom. The average Bonchev–Trinajstić information content (AvgIpc) is 2.75. The number of carbonyl (C=O) groups excluding carboxylic acids is 2. The summed E-state index contributed by atoms with van der Waals surface area (Å²) in [5.74, 6) is -1.49. The van der Waals surface area contributed by atoms with Gasteiger partial charge in [0.05, 0.1) is 18.6 Å². The molecule has 0 saturated carbocycles. The van der Waals surface area contributed by atoms with Gasteiger partial charge in [0.25, 0.3) is 5.91 Å². The van der Waals surface area contributed by atoms with Crippen molar-refractivity contribution in [1.29, 1.82) is 0 Å². The molecule has 34 heavy (non-hydrogen) atoms. The Balaban J connectivity index is 1.64. The van der Waals surface area contributed by atoms with E-state index >= 15 is 0 Å². The fourth-order valence-electron chi connectivity index (χ4n) is 4.00. The predicted octanol–water partition coefficient (Wildman–Crippen LogP) is 3.78. The fraction of sp³-hybridized carbons (Fsp3) is 0.609. The summed E-state index contributed by atoms with van der Waals surface area (Å²) in [5, 5.41) is 20.2. The number of hydrogen-bond acceptors (Lipinski definition) is 6. The van der Waals surface area contributed by atoms with Gasteiger partial charge in [0, 0.05) is 24.2 Å². The van der Waals surface area contributed by atoms with Gasteiger partial charge in [0.2, 0.25) is 0 Å². The zero-order valence-corrected chi connectivity index (χ0v) is 21.5. The molecule has 0 aliphatic carbocycles. The number of likely N-dealkylation sites (tertiary alicyclic amines) is 1. The number of hydrogen-bond donors (Lipinski definition) is 2. The number of aliphatic hydroxyl groups excluding tert-OH is 1. The lowest BCUT2D eigenvalue weighted by atomic mass is 9.89. The van der Waals surface area contributed by atoms with Crippen LogP contribution in [0.5, 0.6) is 0 Å². The second kappa shape index (κ2) is 11.1. The Kier molecular flexibility index (Phi) is 8.70. The predicted molar refractivity (Wildman–Crippen MR) is 131 cm³/mol. The number of nitrogens with one attached hydrogen (secondary N) is 1.